The third-order valence-electron chi connectivity index (χ3n) is 1.94. The summed E-state index contributed by atoms with van der Waals surface area (Å²) < 4.78 is 5.43. The van der Waals surface area contributed by atoms with Gasteiger partial charge in [0.25, 0.3) is 5.88 Å². The molecule has 0 spiro atoms. The number of para-hydroxylation sites is 1. The van der Waals surface area contributed by atoms with Crippen molar-refractivity contribution >= 4 is 0 Å². The molecule has 3 nitrogen and oxygen atoms in total. The van der Waals surface area contributed by atoms with E-state index in [1.54, 1.807) is 12.1 Å². The Balaban J connectivity index is 2.28. The lowest BCUT2D eigenvalue weighted by molar-refractivity contribution is 0.396. The molecule has 0 saturated heterocycles. The van der Waals surface area contributed by atoms with Crippen molar-refractivity contribution in [2.75, 3.05) is 0 Å². The molecule has 0 radical (unpaired) electrons. The van der Waals surface area contributed by atoms with Crippen LogP contribution in [0.5, 0.6) is 17.4 Å². The normalized spacial score (nSPS) is 9.93. The van der Waals surface area contributed by atoms with Crippen LogP contribution in [0.3, 0.4) is 0 Å². The number of rotatable bonds is 2. The molecule has 0 atom stereocenters. The van der Waals surface area contributed by atoms with E-state index in [1.165, 1.54) is 0 Å². The highest BCUT2D eigenvalue weighted by atomic mass is 16.5. The summed E-state index contributed by atoms with van der Waals surface area (Å²) in [5.41, 5.74) is 0.804. The van der Waals surface area contributed by atoms with E-state index in [1.807, 2.05) is 37.3 Å². The molecule has 1 heterocycles. The number of aromatic nitrogens is 1. The molecule has 1 N–H and O–H groups in total. The van der Waals surface area contributed by atoms with Gasteiger partial charge < -0.3 is 9.84 Å². The van der Waals surface area contributed by atoms with Crippen LogP contribution in [-0.4, -0.2) is 10.1 Å². The van der Waals surface area contributed by atoms with E-state index in [0.29, 0.717) is 5.75 Å². The second-order valence-electron chi connectivity index (χ2n) is 3.19. The van der Waals surface area contributed by atoms with Gasteiger partial charge in [-0.1, -0.05) is 18.2 Å². The van der Waals surface area contributed by atoms with E-state index in [0.717, 1.165) is 5.69 Å². The molecule has 2 aromatic rings. The number of benzene rings is 1. The van der Waals surface area contributed by atoms with E-state index < -0.39 is 0 Å². The summed E-state index contributed by atoms with van der Waals surface area (Å²) >= 11 is 0. The van der Waals surface area contributed by atoms with Crippen molar-refractivity contribution in [2.24, 2.45) is 0 Å². The predicted molar refractivity (Wildman–Crippen MR) is 57.2 cm³/mol. The SMILES string of the molecule is Cc1ccc(O)c(Oc2ccccc2)n1. The van der Waals surface area contributed by atoms with Crippen LogP contribution in [0.25, 0.3) is 0 Å². The highest BCUT2D eigenvalue weighted by Crippen LogP contribution is 2.27. The van der Waals surface area contributed by atoms with E-state index in [4.69, 9.17) is 4.74 Å². The van der Waals surface area contributed by atoms with Gasteiger partial charge in [-0.15, -0.1) is 0 Å². The van der Waals surface area contributed by atoms with Crippen LogP contribution >= 0.6 is 0 Å². The van der Waals surface area contributed by atoms with Crippen molar-refractivity contribution in [3.63, 3.8) is 0 Å². The maximum absolute atomic E-state index is 9.51. The minimum atomic E-state index is 0.0458. The van der Waals surface area contributed by atoms with Crippen LogP contribution < -0.4 is 4.74 Å². The lowest BCUT2D eigenvalue weighted by Gasteiger charge is -2.06. The Morgan fingerprint density at radius 2 is 1.80 bits per heavy atom. The Hall–Kier alpha value is -2.03. The van der Waals surface area contributed by atoms with Crippen molar-refractivity contribution in [1.82, 2.24) is 4.98 Å². The fraction of sp³-hybridized carbons (Fsp3) is 0.0833. The molecule has 76 valence electrons. The van der Waals surface area contributed by atoms with E-state index in [9.17, 15) is 5.11 Å². The zero-order valence-corrected chi connectivity index (χ0v) is 8.34. The van der Waals surface area contributed by atoms with Gasteiger partial charge in [0.15, 0.2) is 5.75 Å². The molecule has 3 heteroatoms. The van der Waals surface area contributed by atoms with Crippen LogP contribution in [0.4, 0.5) is 0 Å². The van der Waals surface area contributed by atoms with Gasteiger partial charge >= 0.3 is 0 Å². The van der Waals surface area contributed by atoms with Gasteiger partial charge in [-0.25, -0.2) is 4.98 Å². The first-order valence-electron chi connectivity index (χ1n) is 4.65. The zero-order valence-electron chi connectivity index (χ0n) is 8.34. The zero-order chi connectivity index (χ0) is 10.7. The molecular weight excluding hydrogens is 190 g/mol. The smallest absolute Gasteiger partial charge is 0.262 e. The fourth-order valence-electron chi connectivity index (χ4n) is 1.20. The summed E-state index contributed by atoms with van der Waals surface area (Å²) in [6.07, 6.45) is 0. The van der Waals surface area contributed by atoms with Crippen LogP contribution in [0.15, 0.2) is 42.5 Å². The summed E-state index contributed by atoms with van der Waals surface area (Å²) in [7, 11) is 0. The van der Waals surface area contributed by atoms with Gasteiger partial charge in [-0.05, 0) is 31.2 Å². The highest BCUT2D eigenvalue weighted by Gasteiger charge is 2.04. The Labute approximate surface area is 88.0 Å². The predicted octanol–water partition coefficient (Wildman–Crippen LogP) is 2.89. The third-order valence-corrected chi connectivity index (χ3v) is 1.94. The molecule has 0 aliphatic rings. The molecule has 0 aliphatic heterocycles. The topological polar surface area (TPSA) is 42.4 Å². The average Bonchev–Trinajstić information content (AvgIpc) is 2.25. The Morgan fingerprint density at radius 1 is 1.07 bits per heavy atom. The summed E-state index contributed by atoms with van der Waals surface area (Å²) in [6, 6.07) is 12.5. The molecule has 1 aromatic carbocycles. The Kier molecular flexibility index (Phi) is 2.54. The maximum Gasteiger partial charge on any atom is 0.262 e. The number of aryl methyl sites for hydroxylation is 1. The fourth-order valence-corrected chi connectivity index (χ4v) is 1.20. The summed E-state index contributed by atoms with van der Waals surface area (Å²) in [6.45, 7) is 1.84. The molecule has 0 aliphatic carbocycles. The van der Waals surface area contributed by atoms with Crippen LogP contribution in [0.2, 0.25) is 0 Å². The molecule has 0 bridgehead atoms. The molecule has 0 unspecified atom stereocenters. The standard InChI is InChI=1S/C12H11NO2/c1-9-7-8-11(14)12(13-9)15-10-5-3-2-4-6-10/h2-8,14H,1H3. The van der Waals surface area contributed by atoms with Crippen molar-refractivity contribution in [3.05, 3.63) is 48.2 Å². The van der Waals surface area contributed by atoms with Gasteiger partial charge in [0, 0.05) is 5.69 Å². The van der Waals surface area contributed by atoms with Gasteiger partial charge in [0.1, 0.15) is 5.75 Å². The maximum atomic E-state index is 9.51. The highest BCUT2D eigenvalue weighted by molar-refractivity contribution is 5.37. The summed E-state index contributed by atoms with van der Waals surface area (Å²) in [5, 5.41) is 9.51. The van der Waals surface area contributed by atoms with Crippen LogP contribution in [0.1, 0.15) is 5.69 Å². The average molecular weight is 201 g/mol. The van der Waals surface area contributed by atoms with Gasteiger partial charge in [0.2, 0.25) is 0 Å². The van der Waals surface area contributed by atoms with Gasteiger partial charge in [-0.3, -0.25) is 0 Å². The summed E-state index contributed by atoms with van der Waals surface area (Å²) in [5.74, 6) is 0.941. The lowest BCUT2D eigenvalue weighted by atomic mass is 10.3. The van der Waals surface area contributed by atoms with E-state index in [-0.39, 0.29) is 11.6 Å². The number of hydrogen-bond acceptors (Lipinski definition) is 3. The number of pyridine rings is 1. The third kappa shape index (κ3) is 2.26. The van der Waals surface area contributed by atoms with Gasteiger partial charge in [-0.2, -0.15) is 0 Å². The molecule has 2 rings (SSSR count). The van der Waals surface area contributed by atoms with E-state index >= 15 is 0 Å². The second kappa shape index (κ2) is 4.00. The summed E-state index contributed by atoms with van der Waals surface area (Å²) in [4.78, 5) is 4.10. The first kappa shape index (κ1) is 9.52. The largest absolute Gasteiger partial charge is 0.503 e. The molecule has 0 saturated carbocycles. The quantitative estimate of drug-likeness (QED) is 0.812. The number of aromatic hydroxyl groups is 1. The molecule has 1 aromatic heterocycles. The van der Waals surface area contributed by atoms with Crippen molar-refractivity contribution in [3.8, 4) is 17.4 Å². The Morgan fingerprint density at radius 3 is 2.53 bits per heavy atom. The van der Waals surface area contributed by atoms with Gasteiger partial charge in [0.05, 0.1) is 0 Å². The molecular formula is C12H11NO2. The number of hydrogen-bond donors (Lipinski definition) is 1. The van der Waals surface area contributed by atoms with Crippen molar-refractivity contribution in [1.29, 1.82) is 0 Å². The minimum Gasteiger partial charge on any atom is -0.503 e. The number of ether oxygens (including phenoxy) is 1. The van der Waals surface area contributed by atoms with Crippen LogP contribution in [0, 0.1) is 6.92 Å². The molecule has 0 fully saturated rings. The van der Waals surface area contributed by atoms with Crippen molar-refractivity contribution < 1.29 is 9.84 Å². The van der Waals surface area contributed by atoms with E-state index in [2.05, 4.69) is 4.98 Å². The lowest BCUT2D eigenvalue weighted by Crippen LogP contribution is -1.89. The first-order valence-corrected chi connectivity index (χ1v) is 4.65. The molecule has 15 heavy (non-hydrogen) atoms. The second-order valence-corrected chi connectivity index (χ2v) is 3.19. The van der Waals surface area contributed by atoms with Crippen molar-refractivity contribution in [2.45, 2.75) is 6.92 Å². The first-order chi connectivity index (χ1) is 7.25. The minimum absolute atomic E-state index is 0.0458. The Bertz CT molecular complexity index is 454. The molecule has 0 amide bonds. The monoisotopic (exact) mass is 201 g/mol. The van der Waals surface area contributed by atoms with Crippen LogP contribution in [-0.2, 0) is 0 Å². The number of nitrogens with zero attached hydrogens (tertiary/aromatic N) is 1.